The third-order valence-electron chi connectivity index (χ3n) is 1.89. The van der Waals surface area contributed by atoms with Gasteiger partial charge < -0.3 is 9.47 Å². The van der Waals surface area contributed by atoms with Crippen molar-refractivity contribution in [1.82, 2.24) is 0 Å². The monoisotopic (exact) mass is 282 g/mol. The van der Waals surface area contributed by atoms with Crippen molar-refractivity contribution < 1.29 is 14.3 Å². The summed E-state index contributed by atoms with van der Waals surface area (Å²) in [6.07, 6.45) is 2.21. The largest absolute Gasteiger partial charge is 0.445 e. The maximum absolute atomic E-state index is 11.1. The fourth-order valence-electron chi connectivity index (χ4n) is 1.22. The lowest BCUT2D eigenvalue weighted by Gasteiger charge is -2.30. The van der Waals surface area contributed by atoms with E-state index in [0.717, 1.165) is 25.2 Å². The Kier molecular flexibility index (Phi) is 5.26. The van der Waals surface area contributed by atoms with Gasteiger partial charge in [-0.2, -0.15) is 0 Å². The molecule has 0 aliphatic carbocycles. The zero-order chi connectivity index (χ0) is 10.4. The summed E-state index contributed by atoms with van der Waals surface area (Å²) in [4.78, 5) is 10.6. The first-order valence-corrected chi connectivity index (χ1v) is 6.76. The van der Waals surface area contributed by atoms with Crippen LogP contribution in [0.3, 0.4) is 0 Å². The molecule has 5 heteroatoms. The van der Waals surface area contributed by atoms with Crippen LogP contribution < -0.4 is 0 Å². The van der Waals surface area contributed by atoms with Gasteiger partial charge in [0, 0.05) is 6.61 Å². The summed E-state index contributed by atoms with van der Waals surface area (Å²) in [5.41, 5.74) is 0. The van der Waals surface area contributed by atoms with Crippen molar-refractivity contribution in [2.24, 2.45) is 0 Å². The van der Waals surface area contributed by atoms with Crippen LogP contribution in [0.4, 0.5) is 0 Å². The van der Waals surface area contributed by atoms with Gasteiger partial charge in [0.2, 0.25) is 0 Å². The number of halogens is 1. The number of hydrogen-bond acceptors (Lipinski definition) is 4. The Morgan fingerprint density at radius 1 is 1.64 bits per heavy atom. The topological polar surface area (TPSA) is 35.5 Å². The van der Waals surface area contributed by atoms with E-state index in [9.17, 15) is 4.79 Å². The molecule has 1 heterocycles. The van der Waals surface area contributed by atoms with Crippen LogP contribution in [0, 0.1) is 0 Å². The van der Waals surface area contributed by atoms with Crippen LogP contribution >= 0.6 is 27.7 Å². The predicted molar refractivity (Wildman–Crippen MR) is 60.8 cm³/mol. The lowest BCUT2D eigenvalue weighted by Crippen LogP contribution is -2.35. The predicted octanol–water partition coefficient (Wildman–Crippen LogP) is 2.18. The van der Waals surface area contributed by atoms with Gasteiger partial charge in [0.1, 0.15) is 5.33 Å². The Hall–Kier alpha value is 0.260. The average molecular weight is 283 g/mol. The first kappa shape index (κ1) is 12.3. The molecule has 0 aromatic rings. The molecule has 1 rings (SSSR count). The molecule has 0 bridgehead atoms. The number of ether oxygens (including phenoxy) is 2. The second-order valence-corrected chi connectivity index (χ2v) is 5.47. The molecule has 1 aliphatic heterocycles. The van der Waals surface area contributed by atoms with Crippen LogP contribution in [0.25, 0.3) is 0 Å². The maximum Gasteiger partial charge on any atom is 0.318 e. The molecule has 0 radical (unpaired) electrons. The molecule has 0 aromatic heterocycles. The fourth-order valence-corrected chi connectivity index (χ4v) is 2.43. The van der Waals surface area contributed by atoms with Crippen molar-refractivity contribution in [3.63, 3.8) is 0 Å². The van der Waals surface area contributed by atoms with E-state index in [1.165, 1.54) is 0 Å². The van der Waals surface area contributed by atoms with Crippen molar-refractivity contribution in [1.29, 1.82) is 0 Å². The lowest BCUT2D eigenvalue weighted by molar-refractivity contribution is -0.150. The van der Waals surface area contributed by atoms with Crippen LogP contribution in [0.2, 0.25) is 0 Å². The maximum atomic E-state index is 11.1. The highest BCUT2D eigenvalue weighted by Crippen LogP contribution is 2.29. The Morgan fingerprint density at radius 2 is 2.43 bits per heavy atom. The summed E-state index contributed by atoms with van der Waals surface area (Å²) < 4.78 is 10.7. The van der Waals surface area contributed by atoms with Gasteiger partial charge in [-0.15, -0.1) is 11.8 Å². The fraction of sp³-hybridized carbons (Fsp3) is 0.889. The van der Waals surface area contributed by atoms with E-state index < -0.39 is 4.93 Å². The number of carbonyl (C=O) groups excluding carboxylic acids is 1. The summed E-state index contributed by atoms with van der Waals surface area (Å²) in [7, 11) is 0. The van der Waals surface area contributed by atoms with Gasteiger partial charge in [0.05, 0.1) is 6.61 Å². The highest BCUT2D eigenvalue weighted by Gasteiger charge is 2.30. The molecule has 1 unspecified atom stereocenters. The normalized spacial score (nSPS) is 29.0. The quantitative estimate of drug-likeness (QED) is 0.575. The second-order valence-electron chi connectivity index (χ2n) is 3.35. The van der Waals surface area contributed by atoms with E-state index >= 15 is 0 Å². The van der Waals surface area contributed by atoms with Gasteiger partial charge in [-0.1, -0.05) is 15.9 Å². The summed E-state index contributed by atoms with van der Waals surface area (Å²) in [5, 5.41) is 0.239. The van der Waals surface area contributed by atoms with E-state index in [4.69, 9.17) is 9.47 Å². The molecule has 14 heavy (non-hydrogen) atoms. The van der Waals surface area contributed by atoms with Crippen LogP contribution in [-0.4, -0.2) is 35.2 Å². The molecule has 3 nitrogen and oxygen atoms in total. The third kappa shape index (κ3) is 4.19. The first-order valence-electron chi connectivity index (χ1n) is 4.66. The van der Waals surface area contributed by atoms with Crippen LogP contribution in [0.1, 0.15) is 19.8 Å². The summed E-state index contributed by atoms with van der Waals surface area (Å²) in [5.74, 6) is 0.791. The van der Waals surface area contributed by atoms with Crippen LogP contribution in [0.5, 0.6) is 0 Å². The average Bonchev–Trinajstić information content (AvgIpc) is 2.12. The van der Waals surface area contributed by atoms with Crippen LogP contribution in [0.15, 0.2) is 0 Å². The highest BCUT2D eigenvalue weighted by molar-refractivity contribution is 9.09. The van der Waals surface area contributed by atoms with Gasteiger partial charge in [-0.05, 0) is 25.5 Å². The number of esters is 1. The van der Waals surface area contributed by atoms with E-state index in [0.29, 0.717) is 6.61 Å². The van der Waals surface area contributed by atoms with E-state index in [2.05, 4.69) is 15.9 Å². The Morgan fingerprint density at radius 3 is 3.14 bits per heavy atom. The minimum absolute atomic E-state index is 0.232. The Balaban J connectivity index is 2.46. The van der Waals surface area contributed by atoms with E-state index in [1.807, 2.05) is 6.92 Å². The molecule has 0 aromatic carbocycles. The zero-order valence-corrected chi connectivity index (χ0v) is 10.7. The minimum Gasteiger partial charge on any atom is -0.445 e. The van der Waals surface area contributed by atoms with Crippen molar-refractivity contribution in [3.8, 4) is 0 Å². The van der Waals surface area contributed by atoms with Gasteiger partial charge in [0.15, 0.2) is 4.93 Å². The summed E-state index contributed by atoms with van der Waals surface area (Å²) >= 11 is 4.73. The van der Waals surface area contributed by atoms with Gasteiger partial charge in [0.25, 0.3) is 0 Å². The first-order chi connectivity index (χ1) is 6.66. The molecular weight excluding hydrogens is 268 g/mol. The zero-order valence-electron chi connectivity index (χ0n) is 8.25. The second kappa shape index (κ2) is 5.98. The number of rotatable bonds is 2. The number of hydrogen-bond donors (Lipinski definition) is 0. The summed E-state index contributed by atoms with van der Waals surface area (Å²) in [6, 6.07) is 0. The van der Waals surface area contributed by atoms with E-state index in [-0.39, 0.29) is 11.3 Å². The van der Waals surface area contributed by atoms with E-state index in [1.54, 1.807) is 11.8 Å². The van der Waals surface area contributed by atoms with Crippen molar-refractivity contribution >= 4 is 33.7 Å². The molecule has 1 fully saturated rings. The van der Waals surface area contributed by atoms with Crippen molar-refractivity contribution in [2.75, 3.05) is 24.3 Å². The SMILES string of the molecule is CC1(OC(=O)CBr)COCCCCS1. The molecule has 0 saturated carbocycles. The number of carbonyl (C=O) groups is 1. The number of thioether (sulfide) groups is 1. The van der Waals surface area contributed by atoms with Gasteiger partial charge >= 0.3 is 5.97 Å². The van der Waals surface area contributed by atoms with Gasteiger partial charge in [-0.3, -0.25) is 4.79 Å². The van der Waals surface area contributed by atoms with Crippen LogP contribution in [-0.2, 0) is 14.3 Å². The standard InChI is InChI=1S/C9H15BrO3S/c1-9(13-8(11)6-10)7-12-4-2-3-5-14-9/h2-7H2,1H3. The lowest BCUT2D eigenvalue weighted by atomic mass is 10.3. The molecule has 82 valence electrons. The Labute approximate surface area is 97.0 Å². The minimum atomic E-state index is -0.509. The summed E-state index contributed by atoms with van der Waals surface area (Å²) in [6.45, 7) is 3.15. The van der Waals surface area contributed by atoms with Gasteiger partial charge in [-0.25, -0.2) is 0 Å². The molecule has 0 amide bonds. The molecular formula is C9H15BrO3S. The molecule has 0 N–H and O–H groups in total. The molecule has 1 atom stereocenters. The third-order valence-corrected chi connectivity index (χ3v) is 3.66. The molecule has 1 aliphatic rings. The van der Waals surface area contributed by atoms with Crippen molar-refractivity contribution in [3.05, 3.63) is 0 Å². The van der Waals surface area contributed by atoms with Crippen molar-refractivity contribution in [2.45, 2.75) is 24.7 Å². The Bertz CT molecular complexity index is 190. The smallest absolute Gasteiger partial charge is 0.318 e. The molecule has 1 saturated heterocycles. The molecule has 0 spiro atoms. The number of alkyl halides is 1. The highest BCUT2D eigenvalue weighted by atomic mass is 79.9.